The van der Waals surface area contributed by atoms with Gasteiger partial charge in [0.25, 0.3) is 5.91 Å². The van der Waals surface area contributed by atoms with Gasteiger partial charge in [-0.15, -0.1) is 6.58 Å². The van der Waals surface area contributed by atoms with Crippen LogP contribution in [0.25, 0.3) is 10.9 Å². The maximum atomic E-state index is 13.4. The zero-order valence-electron chi connectivity index (χ0n) is 22.3. The maximum absolute atomic E-state index is 13.4. The van der Waals surface area contributed by atoms with Crippen molar-refractivity contribution in [1.82, 2.24) is 14.5 Å². The van der Waals surface area contributed by atoms with Gasteiger partial charge in [0.1, 0.15) is 29.4 Å². The van der Waals surface area contributed by atoms with E-state index in [0.717, 1.165) is 30.3 Å². The summed E-state index contributed by atoms with van der Waals surface area (Å²) in [7, 11) is 1.52. The molecule has 2 aromatic heterocycles. The number of carbonyl (C=O) groups is 1. The molecule has 0 fully saturated rings. The average molecular weight is 528 g/mol. The lowest BCUT2D eigenvalue weighted by Crippen LogP contribution is -2.51. The van der Waals surface area contributed by atoms with Gasteiger partial charge < -0.3 is 31.4 Å². The van der Waals surface area contributed by atoms with Gasteiger partial charge in [0.2, 0.25) is 0 Å². The Morgan fingerprint density at radius 2 is 2.05 bits per heavy atom. The molecular weight excluding hydrogens is 492 g/mol. The molecule has 0 aliphatic heterocycles. The van der Waals surface area contributed by atoms with Crippen molar-refractivity contribution in [3.63, 3.8) is 0 Å². The van der Waals surface area contributed by atoms with Gasteiger partial charge in [-0.05, 0) is 30.7 Å². The van der Waals surface area contributed by atoms with Crippen LogP contribution in [0.15, 0.2) is 67.5 Å². The number of fused-ring (bicyclic) bond motifs is 1. The van der Waals surface area contributed by atoms with Crippen LogP contribution in [0.4, 0.5) is 17.3 Å². The molecule has 0 radical (unpaired) electrons. The minimum Gasteiger partial charge on any atom is -0.495 e. The van der Waals surface area contributed by atoms with E-state index in [1.165, 1.54) is 13.4 Å². The first kappa shape index (κ1) is 27.3. The first-order chi connectivity index (χ1) is 18.9. The van der Waals surface area contributed by atoms with Gasteiger partial charge in [-0.1, -0.05) is 37.3 Å². The second-order valence-corrected chi connectivity index (χ2v) is 9.11. The topological polar surface area (TPSA) is 159 Å². The Hall–Kier alpha value is -4.70. The fraction of sp³-hybridized carbons (Fsp3) is 0.241. The number of para-hydroxylation sites is 1. The van der Waals surface area contributed by atoms with Crippen LogP contribution in [0.5, 0.6) is 5.75 Å². The summed E-state index contributed by atoms with van der Waals surface area (Å²) in [5.74, 6) is 0.829. The average Bonchev–Trinajstić information content (AvgIpc) is 3.31. The lowest BCUT2D eigenvalue weighted by Gasteiger charge is -2.20. The molecule has 1 unspecified atom stereocenters. The summed E-state index contributed by atoms with van der Waals surface area (Å²) in [6.07, 6.45) is 4.88. The molecule has 0 bridgehead atoms. The molecule has 2 heterocycles. The predicted molar refractivity (Wildman–Crippen MR) is 156 cm³/mol. The van der Waals surface area contributed by atoms with Gasteiger partial charge >= 0.3 is 0 Å². The minimum absolute atomic E-state index is 0.141. The third-order valence-corrected chi connectivity index (χ3v) is 6.61. The number of quaternary nitrogens is 1. The van der Waals surface area contributed by atoms with Crippen molar-refractivity contribution in [1.29, 1.82) is 5.41 Å². The van der Waals surface area contributed by atoms with Crippen LogP contribution in [-0.4, -0.2) is 45.9 Å². The number of nitrogens with two attached hydrogens (primary N) is 1. The highest BCUT2D eigenvalue weighted by Gasteiger charge is 2.21. The number of hydrogen-bond donors (Lipinski definition) is 5. The molecule has 0 saturated heterocycles. The number of carbonyl (C=O) groups excluding carboxylic acids is 1. The number of anilines is 3. The normalized spacial score (nSPS) is 11.7. The van der Waals surface area contributed by atoms with Crippen molar-refractivity contribution in [2.45, 2.75) is 32.4 Å². The van der Waals surface area contributed by atoms with E-state index in [-0.39, 0.29) is 23.5 Å². The van der Waals surface area contributed by atoms with Gasteiger partial charge in [-0.3, -0.25) is 10.2 Å². The Bertz CT molecular complexity index is 1510. The zero-order chi connectivity index (χ0) is 27.9. The highest BCUT2D eigenvalue weighted by Crippen LogP contribution is 2.30. The van der Waals surface area contributed by atoms with Crippen molar-refractivity contribution in [3.8, 4) is 5.75 Å². The molecule has 8 N–H and O–H groups in total. The fourth-order valence-corrected chi connectivity index (χ4v) is 4.58. The molecule has 1 atom stereocenters. The molecule has 10 nitrogen and oxygen atoms in total. The van der Waals surface area contributed by atoms with Crippen LogP contribution >= 0.6 is 0 Å². The van der Waals surface area contributed by atoms with Crippen LogP contribution in [0.3, 0.4) is 0 Å². The number of benzene rings is 2. The monoisotopic (exact) mass is 527 g/mol. The number of ether oxygens (including phenoxy) is 1. The Kier molecular flexibility index (Phi) is 8.57. The SMILES string of the molecule is C=CCn1c(C(=O)Nc2ccc(C(=N)c3c(N)ncnc3NC(CC)CC[NH3+])cc2OC)cc2ccccc21. The van der Waals surface area contributed by atoms with E-state index in [9.17, 15) is 4.79 Å². The second-order valence-electron chi connectivity index (χ2n) is 9.11. The van der Waals surface area contributed by atoms with Gasteiger partial charge in [-0.2, -0.15) is 0 Å². The maximum Gasteiger partial charge on any atom is 0.272 e. The predicted octanol–water partition coefficient (Wildman–Crippen LogP) is 3.70. The van der Waals surface area contributed by atoms with E-state index in [1.54, 1.807) is 24.3 Å². The van der Waals surface area contributed by atoms with Crippen molar-refractivity contribution < 1.29 is 15.3 Å². The number of nitrogens with zero attached hydrogens (tertiary/aromatic N) is 3. The van der Waals surface area contributed by atoms with Crippen LogP contribution in [0, 0.1) is 5.41 Å². The summed E-state index contributed by atoms with van der Waals surface area (Å²) >= 11 is 0. The van der Waals surface area contributed by atoms with Crippen molar-refractivity contribution in [2.24, 2.45) is 0 Å². The summed E-state index contributed by atoms with van der Waals surface area (Å²) in [4.78, 5) is 21.8. The lowest BCUT2D eigenvalue weighted by atomic mass is 10.0. The standard InChI is InChI=1S/C29H34N8O2/c1-4-14-37-22-9-7-6-8-18(22)15-23(37)29(38)36-21-11-10-19(16-24(21)39-3)26(31)25-27(32)33-17-34-28(25)35-20(5-2)12-13-30/h4,6-11,15-17,20,31H,1,5,12-14,30H2,2-3H3,(H,36,38)(H3,32,33,34,35)/p+1. The van der Waals surface area contributed by atoms with Gasteiger partial charge in [0, 0.05) is 35.5 Å². The third-order valence-electron chi connectivity index (χ3n) is 6.61. The van der Waals surface area contributed by atoms with E-state index < -0.39 is 0 Å². The number of hydrogen-bond acceptors (Lipinski definition) is 7. The van der Waals surface area contributed by atoms with Crippen LogP contribution in [0.2, 0.25) is 0 Å². The second kappa shape index (κ2) is 12.2. The minimum atomic E-state index is -0.280. The van der Waals surface area contributed by atoms with Gasteiger partial charge in [0.15, 0.2) is 0 Å². The largest absolute Gasteiger partial charge is 0.495 e. The number of nitrogens with one attached hydrogen (secondary N) is 3. The summed E-state index contributed by atoms with van der Waals surface area (Å²) in [6.45, 7) is 7.18. The van der Waals surface area contributed by atoms with Crippen molar-refractivity contribution >= 4 is 39.8 Å². The molecule has 0 spiro atoms. The molecule has 4 rings (SSSR count). The Morgan fingerprint density at radius 1 is 1.26 bits per heavy atom. The molecule has 0 saturated carbocycles. The van der Waals surface area contributed by atoms with E-state index in [0.29, 0.717) is 40.6 Å². The number of methoxy groups -OCH3 is 1. The molecule has 39 heavy (non-hydrogen) atoms. The van der Waals surface area contributed by atoms with E-state index >= 15 is 0 Å². The fourth-order valence-electron chi connectivity index (χ4n) is 4.58. The first-order valence-electron chi connectivity index (χ1n) is 12.9. The molecule has 202 valence electrons. The number of aromatic nitrogens is 3. The van der Waals surface area contributed by atoms with Crippen molar-refractivity contribution in [3.05, 3.63) is 84.3 Å². The van der Waals surface area contributed by atoms with E-state index in [1.807, 2.05) is 34.9 Å². The zero-order valence-corrected chi connectivity index (χ0v) is 22.3. The Morgan fingerprint density at radius 3 is 2.77 bits per heavy atom. The molecule has 1 amide bonds. The quantitative estimate of drug-likeness (QED) is 0.140. The first-order valence-corrected chi connectivity index (χ1v) is 12.9. The van der Waals surface area contributed by atoms with Crippen LogP contribution < -0.4 is 26.8 Å². The van der Waals surface area contributed by atoms with E-state index in [4.69, 9.17) is 15.9 Å². The van der Waals surface area contributed by atoms with Gasteiger partial charge in [-0.25, -0.2) is 9.97 Å². The molecule has 10 heteroatoms. The summed E-state index contributed by atoms with van der Waals surface area (Å²) in [5.41, 5.74) is 13.2. The smallest absolute Gasteiger partial charge is 0.272 e. The van der Waals surface area contributed by atoms with Gasteiger partial charge in [0.05, 0.1) is 30.6 Å². The molecule has 0 aliphatic rings. The summed E-state index contributed by atoms with van der Waals surface area (Å²) in [5, 5.41) is 16.3. The molecular formula is C29H35N8O2+. The number of amides is 1. The lowest BCUT2D eigenvalue weighted by molar-refractivity contribution is -0.368. The van der Waals surface area contributed by atoms with Crippen LogP contribution in [-0.2, 0) is 6.54 Å². The van der Waals surface area contributed by atoms with E-state index in [2.05, 4.69) is 39.8 Å². The molecule has 4 aromatic rings. The number of allylic oxidation sites excluding steroid dienone is 1. The van der Waals surface area contributed by atoms with Crippen molar-refractivity contribution in [2.75, 3.05) is 30.0 Å². The summed E-state index contributed by atoms with van der Waals surface area (Å²) < 4.78 is 7.52. The Balaban J connectivity index is 1.64. The highest BCUT2D eigenvalue weighted by atomic mass is 16.5. The number of rotatable bonds is 12. The third kappa shape index (κ3) is 5.75. The molecule has 2 aromatic carbocycles. The van der Waals surface area contributed by atoms with Crippen LogP contribution in [0.1, 0.15) is 41.4 Å². The highest BCUT2D eigenvalue weighted by molar-refractivity contribution is 6.17. The Labute approximate surface area is 227 Å². The number of nitrogen functional groups attached to an aromatic ring is 1. The molecule has 0 aliphatic carbocycles. The summed E-state index contributed by atoms with van der Waals surface area (Å²) in [6, 6.07) is 15.0.